The van der Waals surface area contributed by atoms with Crippen molar-refractivity contribution in [3.05, 3.63) is 54.2 Å². The fourth-order valence-electron chi connectivity index (χ4n) is 2.90. The molecule has 2 N–H and O–H groups in total. The molecule has 0 radical (unpaired) electrons. The van der Waals surface area contributed by atoms with Crippen LogP contribution in [0.4, 0.5) is 10.1 Å². The molecule has 3 rings (SSSR count). The fraction of sp³-hybridized carbons (Fsp3) is 0.300. The van der Waals surface area contributed by atoms with Gasteiger partial charge in [0.2, 0.25) is 11.8 Å². The van der Waals surface area contributed by atoms with E-state index in [0.29, 0.717) is 11.4 Å². The van der Waals surface area contributed by atoms with Gasteiger partial charge >= 0.3 is 5.97 Å². The molecule has 1 aromatic heterocycles. The molecule has 1 aliphatic heterocycles. The van der Waals surface area contributed by atoms with Crippen LogP contribution in [0.25, 0.3) is 0 Å². The predicted octanol–water partition coefficient (Wildman–Crippen LogP) is 1.07. The second-order valence-corrected chi connectivity index (χ2v) is 6.69. The number of furan rings is 1. The first-order chi connectivity index (χ1) is 14.4. The van der Waals surface area contributed by atoms with Gasteiger partial charge in [0.05, 0.1) is 25.3 Å². The summed E-state index contributed by atoms with van der Waals surface area (Å²) in [7, 11) is 0. The molecule has 2 heterocycles. The van der Waals surface area contributed by atoms with Gasteiger partial charge in [-0.3, -0.25) is 19.2 Å². The maximum Gasteiger partial charge on any atom is 0.311 e. The highest BCUT2D eigenvalue weighted by Crippen LogP contribution is 2.21. The third-order valence-electron chi connectivity index (χ3n) is 4.39. The molecule has 3 amide bonds. The second kappa shape index (κ2) is 9.68. The molecular weight excluding hydrogens is 397 g/mol. The lowest BCUT2D eigenvalue weighted by Gasteiger charge is -2.14. The largest absolute Gasteiger partial charge is 0.467 e. The Balaban J connectivity index is 1.36. The molecule has 1 aliphatic rings. The molecule has 10 heteroatoms. The molecule has 0 unspecified atom stereocenters. The van der Waals surface area contributed by atoms with Crippen LogP contribution in [0.3, 0.4) is 0 Å². The number of likely N-dealkylation sites (tertiary alicyclic amines) is 1. The van der Waals surface area contributed by atoms with Crippen LogP contribution >= 0.6 is 0 Å². The van der Waals surface area contributed by atoms with E-state index in [9.17, 15) is 23.6 Å². The van der Waals surface area contributed by atoms with Crippen LogP contribution < -0.4 is 10.6 Å². The van der Waals surface area contributed by atoms with E-state index in [1.54, 1.807) is 12.1 Å². The maximum absolute atomic E-state index is 12.8. The van der Waals surface area contributed by atoms with Crippen molar-refractivity contribution in [1.82, 2.24) is 10.2 Å². The number of halogens is 1. The number of hydrogen-bond acceptors (Lipinski definition) is 6. The molecule has 1 fully saturated rings. The van der Waals surface area contributed by atoms with Crippen molar-refractivity contribution >= 4 is 29.4 Å². The van der Waals surface area contributed by atoms with Gasteiger partial charge in [0.15, 0.2) is 6.61 Å². The first-order valence-corrected chi connectivity index (χ1v) is 9.19. The molecule has 158 valence electrons. The number of carbonyl (C=O) groups is 4. The van der Waals surface area contributed by atoms with E-state index in [0.717, 1.165) is 0 Å². The number of rotatable bonds is 8. The third-order valence-corrected chi connectivity index (χ3v) is 4.39. The summed E-state index contributed by atoms with van der Waals surface area (Å²) in [5, 5.41) is 4.80. The van der Waals surface area contributed by atoms with Gasteiger partial charge in [-0.15, -0.1) is 0 Å². The zero-order chi connectivity index (χ0) is 21.5. The van der Waals surface area contributed by atoms with Gasteiger partial charge < -0.3 is 24.7 Å². The van der Waals surface area contributed by atoms with Gasteiger partial charge in [-0.05, 0) is 36.4 Å². The lowest BCUT2D eigenvalue weighted by atomic mass is 10.1. The first kappa shape index (κ1) is 21.0. The lowest BCUT2D eigenvalue weighted by Crippen LogP contribution is -2.36. The van der Waals surface area contributed by atoms with Crippen LogP contribution in [0.5, 0.6) is 0 Å². The summed E-state index contributed by atoms with van der Waals surface area (Å²) in [5.41, 5.74) is 0.382. The van der Waals surface area contributed by atoms with E-state index < -0.39 is 36.1 Å². The van der Waals surface area contributed by atoms with Crippen LogP contribution in [-0.4, -0.2) is 48.3 Å². The highest BCUT2D eigenvalue weighted by atomic mass is 19.1. The van der Waals surface area contributed by atoms with Crippen LogP contribution in [0.2, 0.25) is 0 Å². The molecule has 1 saturated heterocycles. The number of amides is 3. The molecule has 30 heavy (non-hydrogen) atoms. The van der Waals surface area contributed by atoms with Crippen LogP contribution in [0.15, 0.2) is 47.1 Å². The topological polar surface area (TPSA) is 118 Å². The molecule has 0 aliphatic carbocycles. The van der Waals surface area contributed by atoms with Crippen molar-refractivity contribution in [1.29, 1.82) is 0 Å². The summed E-state index contributed by atoms with van der Waals surface area (Å²) in [6, 6.07) is 8.59. The summed E-state index contributed by atoms with van der Waals surface area (Å²) in [6.07, 6.45) is 1.50. The molecule has 9 nitrogen and oxygen atoms in total. The molecule has 0 saturated carbocycles. The zero-order valence-electron chi connectivity index (χ0n) is 15.9. The quantitative estimate of drug-likeness (QED) is 0.621. The average Bonchev–Trinajstić information content (AvgIpc) is 3.36. The number of esters is 1. The smallest absolute Gasteiger partial charge is 0.311 e. The van der Waals surface area contributed by atoms with Crippen molar-refractivity contribution in [2.45, 2.75) is 13.0 Å². The molecule has 0 bridgehead atoms. The van der Waals surface area contributed by atoms with Gasteiger partial charge in [-0.2, -0.15) is 0 Å². The second-order valence-electron chi connectivity index (χ2n) is 6.69. The first-order valence-electron chi connectivity index (χ1n) is 9.19. The number of nitrogens with one attached hydrogen (secondary N) is 2. The minimum atomic E-state index is -0.665. The fourth-order valence-corrected chi connectivity index (χ4v) is 2.90. The summed E-state index contributed by atoms with van der Waals surface area (Å²) < 4.78 is 23.0. The summed E-state index contributed by atoms with van der Waals surface area (Å²) in [6.45, 7) is -0.461. The van der Waals surface area contributed by atoms with Crippen molar-refractivity contribution in [3.63, 3.8) is 0 Å². The van der Waals surface area contributed by atoms with Crippen molar-refractivity contribution in [2.75, 3.05) is 25.0 Å². The predicted molar refractivity (Wildman–Crippen MR) is 101 cm³/mol. The summed E-state index contributed by atoms with van der Waals surface area (Å²) in [4.78, 5) is 49.2. The average molecular weight is 417 g/mol. The Morgan fingerprint density at radius 1 is 1.17 bits per heavy atom. The summed E-state index contributed by atoms with van der Waals surface area (Å²) in [5.74, 6) is -2.52. The Kier molecular flexibility index (Phi) is 6.79. The molecule has 1 atom stereocenters. The van der Waals surface area contributed by atoms with Crippen molar-refractivity contribution < 1.29 is 32.7 Å². The van der Waals surface area contributed by atoms with E-state index in [1.165, 1.54) is 35.4 Å². The number of nitrogens with zero attached hydrogens (tertiary/aromatic N) is 1. The Morgan fingerprint density at radius 2 is 1.93 bits per heavy atom. The van der Waals surface area contributed by atoms with E-state index in [2.05, 4.69) is 10.6 Å². The zero-order valence-corrected chi connectivity index (χ0v) is 15.9. The minimum absolute atomic E-state index is 0.00123. The number of hydrogen-bond donors (Lipinski definition) is 2. The Bertz CT molecular complexity index is 913. The van der Waals surface area contributed by atoms with Gasteiger partial charge in [-0.1, -0.05) is 0 Å². The monoisotopic (exact) mass is 417 g/mol. The minimum Gasteiger partial charge on any atom is -0.467 e. The van der Waals surface area contributed by atoms with Crippen LogP contribution in [-0.2, 0) is 30.5 Å². The normalized spacial score (nSPS) is 15.7. The standard InChI is InChI=1S/C20H20FN3O6/c21-14-3-5-15(6-4-14)23-17(25)9-22-18(26)12-30-20(28)13-8-19(27)24(10-13)11-16-2-1-7-29-16/h1-7,13H,8-12H2,(H,22,26)(H,23,25)/t13-/m1/s1. The number of anilines is 1. The number of ether oxygens (including phenoxy) is 1. The van der Waals surface area contributed by atoms with Gasteiger partial charge in [0.1, 0.15) is 11.6 Å². The molecule has 0 spiro atoms. The molecule has 2 aromatic rings. The summed E-state index contributed by atoms with van der Waals surface area (Å²) >= 11 is 0. The SMILES string of the molecule is O=C(COC(=O)[C@@H]1CC(=O)N(Cc2ccco2)C1)NCC(=O)Nc1ccc(F)cc1. The van der Waals surface area contributed by atoms with Gasteiger partial charge in [0, 0.05) is 18.7 Å². The van der Waals surface area contributed by atoms with Crippen LogP contribution in [0, 0.1) is 11.7 Å². The van der Waals surface area contributed by atoms with E-state index >= 15 is 0 Å². The third kappa shape index (κ3) is 5.90. The Hall–Kier alpha value is -3.69. The van der Waals surface area contributed by atoms with E-state index in [-0.39, 0.29) is 32.0 Å². The molecule has 1 aromatic carbocycles. The molecular formula is C20H20FN3O6. The van der Waals surface area contributed by atoms with Crippen LogP contribution in [0.1, 0.15) is 12.2 Å². The van der Waals surface area contributed by atoms with Gasteiger partial charge in [-0.25, -0.2) is 4.39 Å². The van der Waals surface area contributed by atoms with Gasteiger partial charge in [0.25, 0.3) is 5.91 Å². The highest BCUT2D eigenvalue weighted by Gasteiger charge is 2.35. The number of benzene rings is 1. The Morgan fingerprint density at radius 3 is 2.63 bits per heavy atom. The number of carbonyl (C=O) groups excluding carboxylic acids is 4. The van der Waals surface area contributed by atoms with Crippen molar-refractivity contribution in [2.24, 2.45) is 5.92 Å². The Labute approximate surface area is 171 Å². The van der Waals surface area contributed by atoms with Crippen molar-refractivity contribution in [3.8, 4) is 0 Å². The van der Waals surface area contributed by atoms with E-state index in [1.807, 2.05) is 0 Å². The van der Waals surface area contributed by atoms with E-state index in [4.69, 9.17) is 9.15 Å². The lowest BCUT2D eigenvalue weighted by molar-refractivity contribution is -0.152. The highest BCUT2D eigenvalue weighted by molar-refractivity contribution is 5.95. The maximum atomic E-state index is 12.8.